The number of aliphatic hydroxyl groups excluding tert-OH is 1. The van der Waals surface area contributed by atoms with Crippen molar-refractivity contribution in [2.45, 2.75) is 25.0 Å². The Balaban J connectivity index is 1.54. The number of para-hydroxylation sites is 1. The second-order valence-electron chi connectivity index (χ2n) is 7.14. The van der Waals surface area contributed by atoms with Crippen molar-refractivity contribution in [3.8, 4) is 0 Å². The van der Waals surface area contributed by atoms with Crippen molar-refractivity contribution >= 4 is 27.5 Å². The highest BCUT2D eigenvalue weighted by molar-refractivity contribution is 9.10. The summed E-state index contributed by atoms with van der Waals surface area (Å²) < 4.78 is 14.0. The van der Waals surface area contributed by atoms with Gasteiger partial charge in [0, 0.05) is 16.4 Å². The topological polar surface area (TPSA) is 53.4 Å². The number of aromatic nitrogens is 1. The Kier molecular flexibility index (Phi) is 5.74. The van der Waals surface area contributed by atoms with E-state index < -0.39 is 6.10 Å². The van der Waals surface area contributed by atoms with E-state index in [0.29, 0.717) is 18.4 Å². The lowest BCUT2D eigenvalue weighted by atomic mass is 9.80. The van der Waals surface area contributed by atoms with Crippen LogP contribution in [0.2, 0.25) is 0 Å². The summed E-state index contributed by atoms with van der Waals surface area (Å²) >= 11 is 3.40. The van der Waals surface area contributed by atoms with Crippen LogP contribution in [-0.4, -0.2) is 16.0 Å². The molecule has 0 saturated carbocycles. The number of halogens is 2. The van der Waals surface area contributed by atoms with Crippen molar-refractivity contribution < 1.29 is 14.3 Å². The number of rotatable bonds is 6. The standard InChI is InChI=1S/C23H20BrFN2O2/c24-16-8-12-20(26-14-16)22-19(23(29)27(22)18-4-2-1-3-5-18)11-13-21(28)15-6-9-17(25)10-7-15/h1-10,12,14,19,21-22,28H,11,13H2/t19-,21+,22+/m1/s1. The maximum absolute atomic E-state index is 13.1. The molecular formula is C23H20BrFN2O2. The molecule has 1 aliphatic rings. The molecule has 0 unspecified atom stereocenters. The van der Waals surface area contributed by atoms with E-state index in [9.17, 15) is 14.3 Å². The van der Waals surface area contributed by atoms with Crippen molar-refractivity contribution in [3.05, 3.63) is 94.5 Å². The largest absolute Gasteiger partial charge is 0.388 e. The van der Waals surface area contributed by atoms with Gasteiger partial charge in [0.2, 0.25) is 5.91 Å². The highest BCUT2D eigenvalue weighted by Crippen LogP contribution is 2.45. The van der Waals surface area contributed by atoms with Crippen LogP contribution in [0.1, 0.15) is 36.2 Å². The predicted octanol–water partition coefficient (Wildman–Crippen LogP) is 5.20. The number of benzene rings is 2. The molecule has 3 atom stereocenters. The van der Waals surface area contributed by atoms with Gasteiger partial charge in [0.25, 0.3) is 0 Å². The van der Waals surface area contributed by atoms with Crippen LogP contribution >= 0.6 is 15.9 Å². The molecule has 0 aliphatic carbocycles. The van der Waals surface area contributed by atoms with Gasteiger partial charge in [0.15, 0.2) is 0 Å². The van der Waals surface area contributed by atoms with Gasteiger partial charge in [-0.3, -0.25) is 9.78 Å². The number of hydrogen-bond acceptors (Lipinski definition) is 3. The van der Waals surface area contributed by atoms with Crippen molar-refractivity contribution in [1.29, 1.82) is 0 Å². The first-order valence-corrected chi connectivity index (χ1v) is 10.3. The molecule has 148 valence electrons. The van der Waals surface area contributed by atoms with Crippen molar-refractivity contribution in [2.24, 2.45) is 5.92 Å². The number of amides is 1. The van der Waals surface area contributed by atoms with E-state index in [1.807, 2.05) is 42.5 Å². The molecule has 1 amide bonds. The fourth-order valence-electron chi connectivity index (χ4n) is 3.80. The summed E-state index contributed by atoms with van der Waals surface area (Å²) in [5.74, 6) is -0.578. The summed E-state index contributed by atoms with van der Waals surface area (Å²) in [6.45, 7) is 0. The average Bonchev–Trinajstić information content (AvgIpc) is 2.74. The molecule has 4 nitrogen and oxygen atoms in total. The number of aliphatic hydroxyl groups is 1. The zero-order valence-corrected chi connectivity index (χ0v) is 17.2. The van der Waals surface area contributed by atoms with Gasteiger partial charge in [-0.15, -0.1) is 0 Å². The molecule has 0 spiro atoms. The number of β-lactam (4-membered cyclic amide) rings is 1. The van der Waals surface area contributed by atoms with Crippen LogP contribution in [0.25, 0.3) is 0 Å². The first-order valence-electron chi connectivity index (χ1n) is 9.47. The molecule has 1 N–H and O–H groups in total. The number of carbonyl (C=O) groups excluding carboxylic acids is 1. The minimum Gasteiger partial charge on any atom is -0.388 e. The Morgan fingerprint density at radius 2 is 1.79 bits per heavy atom. The fourth-order valence-corrected chi connectivity index (χ4v) is 4.03. The van der Waals surface area contributed by atoms with Crippen molar-refractivity contribution in [3.63, 3.8) is 0 Å². The van der Waals surface area contributed by atoms with Gasteiger partial charge in [0.1, 0.15) is 5.82 Å². The Bertz CT molecular complexity index is 980. The number of nitrogens with zero attached hydrogens (tertiary/aromatic N) is 2. The Morgan fingerprint density at radius 3 is 2.45 bits per heavy atom. The minimum atomic E-state index is -0.743. The number of carbonyl (C=O) groups is 1. The van der Waals surface area contributed by atoms with Gasteiger partial charge >= 0.3 is 0 Å². The van der Waals surface area contributed by atoms with Crippen molar-refractivity contribution in [1.82, 2.24) is 4.98 Å². The van der Waals surface area contributed by atoms with E-state index in [2.05, 4.69) is 20.9 Å². The van der Waals surface area contributed by atoms with Crippen LogP contribution in [0, 0.1) is 11.7 Å². The molecule has 0 radical (unpaired) electrons. The third kappa shape index (κ3) is 4.09. The van der Waals surface area contributed by atoms with Gasteiger partial charge < -0.3 is 10.0 Å². The van der Waals surface area contributed by atoms with Crippen LogP contribution < -0.4 is 4.90 Å². The van der Waals surface area contributed by atoms with Gasteiger partial charge in [-0.25, -0.2) is 4.39 Å². The smallest absolute Gasteiger partial charge is 0.233 e. The second-order valence-corrected chi connectivity index (χ2v) is 8.06. The van der Waals surface area contributed by atoms with Gasteiger partial charge in [-0.05, 0) is 70.7 Å². The maximum Gasteiger partial charge on any atom is 0.233 e. The number of anilines is 1. The Morgan fingerprint density at radius 1 is 1.07 bits per heavy atom. The zero-order chi connectivity index (χ0) is 20.4. The van der Waals surface area contributed by atoms with Crippen LogP contribution in [-0.2, 0) is 4.79 Å². The quantitative estimate of drug-likeness (QED) is 0.520. The van der Waals surface area contributed by atoms with E-state index in [-0.39, 0.29) is 23.7 Å². The van der Waals surface area contributed by atoms with Gasteiger partial charge in [0.05, 0.1) is 23.8 Å². The molecule has 1 aromatic heterocycles. The molecule has 4 rings (SSSR count). The molecule has 0 bridgehead atoms. The SMILES string of the molecule is O=C1[C@H](CC[C@H](O)c2ccc(F)cc2)[C@@H](c2ccc(Br)cn2)N1c1ccccc1. The first kappa shape index (κ1) is 19.7. The molecule has 2 heterocycles. The fraction of sp³-hybridized carbons (Fsp3) is 0.217. The molecular weight excluding hydrogens is 435 g/mol. The molecule has 29 heavy (non-hydrogen) atoms. The van der Waals surface area contributed by atoms with E-state index in [1.54, 1.807) is 23.2 Å². The molecule has 6 heteroatoms. The monoisotopic (exact) mass is 454 g/mol. The normalized spacial score (nSPS) is 19.7. The van der Waals surface area contributed by atoms with Crippen molar-refractivity contribution in [2.75, 3.05) is 4.90 Å². The molecule has 1 fully saturated rings. The maximum atomic E-state index is 13.1. The molecule has 3 aromatic rings. The Labute approximate surface area is 177 Å². The van der Waals surface area contributed by atoms with Crippen LogP contribution in [0.5, 0.6) is 0 Å². The molecule has 1 saturated heterocycles. The zero-order valence-electron chi connectivity index (χ0n) is 15.6. The van der Waals surface area contributed by atoms with E-state index in [0.717, 1.165) is 15.9 Å². The lowest BCUT2D eigenvalue weighted by Crippen LogP contribution is -2.55. The average molecular weight is 455 g/mol. The van der Waals surface area contributed by atoms with Crippen LogP contribution in [0.3, 0.4) is 0 Å². The Hall–Kier alpha value is -2.57. The second kappa shape index (κ2) is 8.43. The summed E-state index contributed by atoms with van der Waals surface area (Å²) in [5.41, 5.74) is 2.30. The summed E-state index contributed by atoms with van der Waals surface area (Å²) in [6, 6.07) is 19.0. The lowest BCUT2D eigenvalue weighted by molar-refractivity contribution is -0.131. The third-order valence-corrected chi connectivity index (χ3v) is 5.78. The minimum absolute atomic E-state index is 0.0252. The summed E-state index contributed by atoms with van der Waals surface area (Å²) in [4.78, 5) is 19.2. The van der Waals surface area contributed by atoms with E-state index >= 15 is 0 Å². The predicted molar refractivity (Wildman–Crippen MR) is 113 cm³/mol. The van der Waals surface area contributed by atoms with E-state index in [4.69, 9.17) is 0 Å². The number of hydrogen-bond donors (Lipinski definition) is 1. The summed E-state index contributed by atoms with van der Waals surface area (Å²) in [5, 5.41) is 10.5. The van der Waals surface area contributed by atoms with Gasteiger partial charge in [-0.1, -0.05) is 30.3 Å². The van der Waals surface area contributed by atoms with Crippen LogP contribution in [0.15, 0.2) is 77.4 Å². The molecule has 2 aromatic carbocycles. The highest BCUT2D eigenvalue weighted by atomic mass is 79.9. The summed E-state index contributed by atoms with van der Waals surface area (Å²) in [6.07, 6.45) is 1.92. The van der Waals surface area contributed by atoms with Gasteiger partial charge in [-0.2, -0.15) is 0 Å². The number of pyridine rings is 1. The highest BCUT2D eigenvalue weighted by Gasteiger charge is 2.49. The summed E-state index contributed by atoms with van der Waals surface area (Å²) in [7, 11) is 0. The third-order valence-electron chi connectivity index (χ3n) is 5.31. The van der Waals surface area contributed by atoms with Crippen LogP contribution in [0.4, 0.5) is 10.1 Å². The van der Waals surface area contributed by atoms with E-state index in [1.165, 1.54) is 12.1 Å². The lowest BCUT2D eigenvalue weighted by Gasteiger charge is -2.47. The first-order chi connectivity index (χ1) is 14.0. The molecule has 1 aliphatic heterocycles.